The average molecular weight is 510 g/mol. The second-order valence-electron chi connectivity index (χ2n) is 9.55. The van der Waals surface area contributed by atoms with Gasteiger partial charge in [-0.25, -0.2) is 18.4 Å². The molecule has 2 aromatic heterocycles. The van der Waals surface area contributed by atoms with E-state index in [4.69, 9.17) is 10.5 Å². The van der Waals surface area contributed by atoms with Gasteiger partial charge in [0.25, 0.3) is 5.91 Å². The Morgan fingerprint density at radius 3 is 2.64 bits per heavy atom. The first-order valence-electron chi connectivity index (χ1n) is 11.8. The van der Waals surface area contributed by atoms with Crippen LogP contribution >= 0.6 is 0 Å². The van der Waals surface area contributed by atoms with Crippen LogP contribution in [-0.2, 0) is 9.84 Å². The molecule has 3 aromatic rings. The molecule has 1 aromatic carbocycles. The van der Waals surface area contributed by atoms with Gasteiger partial charge in [-0.15, -0.1) is 0 Å². The molecule has 1 aliphatic heterocycles. The van der Waals surface area contributed by atoms with Crippen molar-refractivity contribution in [3.05, 3.63) is 60.3 Å². The Kier molecular flexibility index (Phi) is 6.90. The molecule has 3 N–H and O–H groups in total. The summed E-state index contributed by atoms with van der Waals surface area (Å²) in [6.07, 6.45) is 2.28. The molecule has 36 heavy (non-hydrogen) atoms. The normalized spacial score (nSPS) is 17.1. The van der Waals surface area contributed by atoms with Crippen LogP contribution in [0.3, 0.4) is 0 Å². The number of primary amides is 1. The van der Waals surface area contributed by atoms with E-state index >= 15 is 0 Å². The predicted molar refractivity (Wildman–Crippen MR) is 139 cm³/mol. The van der Waals surface area contributed by atoms with Crippen molar-refractivity contribution in [2.45, 2.75) is 49.6 Å². The molecule has 190 valence electrons. The fourth-order valence-corrected chi connectivity index (χ4v) is 6.18. The zero-order valence-electron chi connectivity index (χ0n) is 20.9. The summed E-state index contributed by atoms with van der Waals surface area (Å²) < 4.78 is 33.0. The number of hydrogen-bond acceptors (Lipinski definition) is 8. The van der Waals surface area contributed by atoms with E-state index in [0.717, 1.165) is 6.42 Å². The molecule has 9 nitrogen and oxygen atoms in total. The molecule has 1 saturated heterocycles. The van der Waals surface area contributed by atoms with Gasteiger partial charge in [0.1, 0.15) is 22.9 Å². The smallest absolute Gasteiger partial charge is 0.253 e. The molecular formula is C26H31N5O4S. The summed E-state index contributed by atoms with van der Waals surface area (Å²) in [4.78, 5) is 23.1. The number of ether oxygens (including phenoxy) is 1. The fourth-order valence-electron chi connectivity index (χ4n) is 4.78. The second-order valence-corrected chi connectivity index (χ2v) is 11.4. The molecule has 0 saturated carbocycles. The predicted octanol–water partition coefficient (Wildman–Crippen LogP) is 4.18. The van der Waals surface area contributed by atoms with E-state index in [-0.39, 0.29) is 26.8 Å². The molecule has 1 aliphatic rings. The summed E-state index contributed by atoms with van der Waals surface area (Å²) in [6, 6.07) is 13.2. The van der Waals surface area contributed by atoms with E-state index in [2.05, 4.69) is 22.2 Å². The lowest BCUT2D eigenvalue weighted by Crippen LogP contribution is -2.40. The standard InChI is InChI=1S/C26H31N5O4S/c1-5-35-19-9-6-8-18(14-19)29-21-10-7-11-22(30-21)36(33,34)20-12-13-28-25(23(20)24(27)32)31-16-17(2)15-26(31,3)4/h6-14,17H,5,15-16H2,1-4H3,(H2,27,32)(H,29,30). The van der Waals surface area contributed by atoms with Crippen LogP contribution in [-0.4, -0.2) is 43.0 Å². The molecule has 10 heteroatoms. The Balaban J connectivity index is 1.74. The first kappa shape index (κ1) is 25.4. The van der Waals surface area contributed by atoms with E-state index in [9.17, 15) is 13.2 Å². The van der Waals surface area contributed by atoms with Crippen molar-refractivity contribution in [3.63, 3.8) is 0 Å². The number of carbonyl (C=O) groups excluding carboxylic acids is 1. The van der Waals surface area contributed by atoms with E-state index in [1.807, 2.05) is 43.9 Å². The Labute approximate surface area is 211 Å². The number of hydrogen-bond donors (Lipinski definition) is 2. The minimum atomic E-state index is -4.19. The molecule has 1 atom stereocenters. The molecule has 1 fully saturated rings. The Hall–Kier alpha value is -3.66. The van der Waals surface area contributed by atoms with Crippen LogP contribution in [0, 0.1) is 5.92 Å². The largest absolute Gasteiger partial charge is 0.494 e. The summed E-state index contributed by atoms with van der Waals surface area (Å²) in [5.41, 5.74) is 6.00. The average Bonchev–Trinajstić information content (AvgIpc) is 3.10. The molecule has 0 bridgehead atoms. The van der Waals surface area contributed by atoms with Gasteiger partial charge in [0.15, 0.2) is 5.03 Å². The van der Waals surface area contributed by atoms with Crippen molar-refractivity contribution in [1.82, 2.24) is 9.97 Å². The Morgan fingerprint density at radius 1 is 1.22 bits per heavy atom. The summed E-state index contributed by atoms with van der Waals surface area (Å²) in [5.74, 6) is 0.789. The van der Waals surface area contributed by atoms with Gasteiger partial charge in [-0.3, -0.25) is 4.79 Å². The highest BCUT2D eigenvalue weighted by molar-refractivity contribution is 7.91. The van der Waals surface area contributed by atoms with Gasteiger partial charge in [-0.05, 0) is 63.4 Å². The van der Waals surface area contributed by atoms with Crippen LogP contribution in [0.4, 0.5) is 17.3 Å². The molecule has 1 unspecified atom stereocenters. The van der Waals surface area contributed by atoms with Crippen molar-refractivity contribution < 1.29 is 17.9 Å². The highest BCUT2D eigenvalue weighted by Crippen LogP contribution is 2.39. The van der Waals surface area contributed by atoms with Crippen molar-refractivity contribution in [3.8, 4) is 5.75 Å². The van der Waals surface area contributed by atoms with Gasteiger partial charge in [-0.2, -0.15) is 0 Å². The van der Waals surface area contributed by atoms with E-state index < -0.39 is 15.7 Å². The Bertz CT molecular complexity index is 1390. The molecule has 4 rings (SSSR count). The van der Waals surface area contributed by atoms with Crippen molar-refractivity contribution in [2.75, 3.05) is 23.4 Å². The van der Waals surface area contributed by atoms with Crippen LogP contribution in [0.1, 0.15) is 44.5 Å². The van der Waals surface area contributed by atoms with Crippen LogP contribution in [0.2, 0.25) is 0 Å². The number of anilines is 3. The number of aromatic nitrogens is 2. The summed E-state index contributed by atoms with van der Waals surface area (Å²) in [6.45, 7) is 9.26. The highest BCUT2D eigenvalue weighted by atomic mass is 32.2. The SMILES string of the molecule is CCOc1cccc(Nc2cccc(S(=O)(=O)c3ccnc(N4CC(C)CC4(C)C)c3C(N)=O)n2)c1. The van der Waals surface area contributed by atoms with Crippen molar-refractivity contribution in [2.24, 2.45) is 11.7 Å². The van der Waals surface area contributed by atoms with Crippen molar-refractivity contribution in [1.29, 1.82) is 0 Å². The van der Waals surface area contributed by atoms with Crippen molar-refractivity contribution >= 4 is 33.1 Å². The zero-order valence-corrected chi connectivity index (χ0v) is 21.7. The number of nitrogens with two attached hydrogens (primary N) is 1. The van der Waals surface area contributed by atoms with E-state index in [1.54, 1.807) is 18.2 Å². The van der Waals surface area contributed by atoms with E-state index in [1.165, 1.54) is 18.3 Å². The van der Waals surface area contributed by atoms with Crippen LogP contribution in [0.5, 0.6) is 5.75 Å². The number of rotatable bonds is 8. The van der Waals surface area contributed by atoms with Gasteiger partial charge < -0.3 is 20.7 Å². The molecule has 0 spiro atoms. The maximum atomic E-state index is 13.7. The van der Waals surface area contributed by atoms with Crippen LogP contribution < -0.4 is 20.7 Å². The quantitative estimate of drug-likeness (QED) is 0.463. The number of nitrogens with one attached hydrogen (secondary N) is 1. The van der Waals surface area contributed by atoms with Gasteiger partial charge in [0.05, 0.1) is 11.5 Å². The van der Waals surface area contributed by atoms with Crippen LogP contribution in [0.25, 0.3) is 0 Å². The monoisotopic (exact) mass is 509 g/mol. The molecule has 1 amide bonds. The third kappa shape index (κ3) is 4.99. The molecule has 0 radical (unpaired) electrons. The topological polar surface area (TPSA) is 128 Å². The molecular weight excluding hydrogens is 478 g/mol. The number of benzene rings is 1. The van der Waals surface area contributed by atoms with Gasteiger partial charge in [0.2, 0.25) is 9.84 Å². The lowest BCUT2D eigenvalue weighted by atomic mass is 9.97. The third-order valence-corrected chi connectivity index (χ3v) is 7.87. The number of amides is 1. The number of nitrogens with zero attached hydrogens (tertiary/aromatic N) is 3. The third-order valence-electron chi connectivity index (χ3n) is 6.17. The Morgan fingerprint density at radius 2 is 1.97 bits per heavy atom. The molecule has 0 aliphatic carbocycles. The van der Waals surface area contributed by atoms with Gasteiger partial charge in [0, 0.05) is 30.0 Å². The maximum absolute atomic E-state index is 13.7. The number of carbonyl (C=O) groups is 1. The van der Waals surface area contributed by atoms with E-state index in [0.29, 0.717) is 36.3 Å². The first-order valence-corrected chi connectivity index (χ1v) is 13.3. The lowest BCUT2D eigenvalue weighted by Gasteiger charge is -2.33. The van der Waals surface area contributed by atoms with Crippen LogP contribution in [0.15, 0.2) is 64.6 Å². The maximum Gasteiger partial charge on any atom is 0.253 e. The summed E-state index contributed by atoms with van der Waals surface area (Å²) >= 11 is 0. The van der Waals surface area contributed by atoms with Gasteiger partial charge in [-0.1, -0.05) is 19.1 Å². The lowest BCUT2D eigenvalue weighted by molar-refractivity contribution is 0.0997. The molecule has 3 heterocycles. The minimum absolute atomic E-state index is 0.121. The minimum Gasteiger partial charge on any atom is -0.494 e. The van der Waals surface area contributed by atoms with Gasteiger partial charge >= 0.3 is 0 Å². The summed E-state index contributed by atoms with van der Waals surface area (Å²) in [7, 11) is -4.19. The first-order chi connectivity index (χ1) is 17.0. The number of pyridine rings is 2. The zero-order chi connectivity index (χ0) is 26.1. The number of sulfone groups is 1. The fraction of sp³-hybridized carbons (Fsp3) is 0.346. The second kappa shape index (κ2) is 9.77. The highest BCUT2D eigenvalue weighted by Gasteiger charge is 2.40. The summed E-state index contributed by atoms with van der Waals surface area (Å²) in [5, 5.41) is 2.90.